The topological polar surface area (TPSA) is 20.3 Å². The zero-order valence-corrected chi connectivity index (χ0v) is 12.9. The Morgan fingerprint density at radius 1 is 1.05 bits per heavy atom. The number of benzene rings is 2. The second kappa shape index (κ2) is 5.03. The van der Waals surface area contributed by atoms with Crippen molar-refractivity contribution in [2.24, 2.45) is 0 Å². The summed E-state index contributed by atoms with van der Waals surface area (Å²) in [4.78, 5) is 14.8. The van der Waals surface area contributed by atoms with Crippen LogP contribution in [0.25, 0.3) is 0 Å². The third-order valence-corrected chi connectivity index (χ3v) is 4.53. The molecule has 1 heterocycles. The van der Waals surface area contributed by atoms with E-state index in [4.69, 9.17) is 0 Å². The smallest absolute Gasteiger partial charge is 0.255 e. The van der Waals surface area contributed by atoms with Crippen molar-refractivity contribution >= 4 is 5.91 Å². The molecule has 0 saturated carbocycles. The summed E-state index contributed by atoms with van der Waals surface area (Å²) < 4.78 is 0. The number of carbonyl (C=O) groups excluding carboxylic acids is 1. The largest absolute Gasteiger partial charge is 0.325 e. The molecule has 3 rings (SSSR count). The summed E-state index contributed by atoms with van der Waals surface area (Å²) in [5, 5.41) is 0. The van der Waals surface area contributed by atoms with Gasteiger partial charge in [0.2, 0.25) is 0 Å². The standard InChI is InChI=1S/C19H21NO/c1-4-13-20-18(21)16-7-5-6-8-17(16)19(20,3)15-11-9-14(2)10-12-15/h5-12H,4,13H2,1-3H3. The Hall–Kier alpha value is -2.09. The summed E-state index contributed by atoms with van der Waals surface area (Å²) >= 11 is 0. The van der Waals surface area contributed by atoms with Gasteiger partial charge in [-0.1, -0.05) is 55.0 Å². The summed E-state index contributed by atoms with van der Waals surface area (Å²) in [6.07, 6.45) is 0.960. The van der Waals surface area contributed by atoms with Crippen LogP contribution in [0.4, 0.5) is 0 Å². The third kappa shape index (κ3) is 1.98. The molecule has 0 bridgehead atoms. The summed E-state index contributed by atoms with van der Waals surface area (Å²) in [7, 11) is 0. The van der Waals surface area contributed by atoms with E-state index in [0.717, 1.165) is 24.1 Å². The zero-order chi connectivity index (χ0) is 15.0. The summed E-state index contributed by atoms with van der Waals surface area (Å²) in [5.41, 5.74) is 4.01. The molecule has 2 heteroatoms. The number of fused-ring (bicyclic) bond motifs is 1. The Balaban J connectivity index is 2.21. The second-order valence-corrected chi connectivity index (χ2v) is 5.94. The fourth-order valence-electron chi connectivity index (χ4n) is 3.33. The first-order valence-electron chi connectivity index (χ1n) is 7.57. The maximum atomic E-state index is 12.8. The van der Waals surface area contributed by atoms with Crippen molar-refractivity contribution in [1.82, 2.24) is 4.90 Å². The number of carbonyl (C=O) groups is 1. The van der Waals surface area contributed by atoms with Gasteiger partial charge in [-0.15, -0.1) is 0 Å². The van der Waals surface area contributed by atoms with Crippen molar-refractivity contribution in [1.29, 1.82) is 0 Å². The molecule has 0 aliphatic carbocycles. The van der Waals surface area contributed by atoms with Gasteiger partial charge in [0.1, 0.15) is 0 Å². The molecule has 2 aromatic carbocycles. The fraction of sp³-hybridized carbons (Fsp3) is 0.316. The average molecular weight is 279 g/mol. The maximum absolute atomic E-state index is 12.8. The van der Waals surface area contributed by atoms with E-state index in [-0.39, 0.29) is 11.4 Å². The molecule has 1 aliphatic rings. The summed E-state index contributed by atoms with van der Waals surface area (Å²) in [6.45, 7) is 7.14. The number of amides is 1. The van der Waals surface area contributed by atoms with E-state index >= 15 is 0 Å². The van der Waals surface area contributed by atoms with Crippen LogP contribution in [0.5, 0.6) is 0 Å². The molecule has 0 spiro atoms. The van der Waals surface area contributed by atoms with Crippen molar-refractivity contribution in [3.05, 3.63) is 70.8 Å². The van der Waals surface area contributed by atoms with E-state index in [0.29, 0.717) is 0 Å². The molecule has 108 valence electrons. The third-order valence-electron chi connectivity index (χ3n) is 4.53. The van der Waals surface area contributed by atoms with Gasteiger partial charge in [-0.05, 0) is 37.5 Å². The minimum absolute atomic E-state index is 0.149. The minimum Gasteiger partial charge on any atom is -0.325 e. The van der Waals surface area contributed by atoms with Gasteiger partial charge in [-0.25, -0.2) is 0 Å². The highest BCUT2D eigenvalue weighted by molar-refractivity contribution is 6.00. The van der Waals surface area contributed by atoms with Gasteiger partial charge in [0, 0.05) is 12.1 Å². The molecule has 1 atom stereocenters. The Labute approximate surface area is 126 Å². The maximum Gasteiger partial charge on any atom is 0.255 e. The first-order valence-corrected chi connectivity index (χ1v) is 7.57. The van der Waals surface area contributed by atoms with Crippen molar-refractivity contribution in [3.63, 3.8) is 0 Å². The molecule has 1 unspecified atom stereocenters. The van der Waals surface area contributed by atoms with E-state index in [1.807, 2.05) is 23.1 Å². The van der Waals surface area contributed by atoms with E-state index in [1.54, 1.807) is 0 Å². The van der Waals surface area contributed by atoms with E-state index in [9.17, 15) is 4.79 Å². The number of nitrogens with zero attached hydrogens (tertiary/aromatic N) is 1. The normalized spacial score (nSPS) is 20.7. The molecule has 0 aromatic heterocycles. The van der Waals surface area contributed by atoms with Crippen LogP contribution in [0.15, 0.2) is 48.5 Å². The van der Waals surface area contributed by atoms with E-state index in [1.165, 1.54) is 11.1 Å². The molecule has 2 nitrogen and oxygen atoms in total. The molecular formula is C19H21NO. The van der Waals surface area contributed by atoms with Gasteiger partial charge >= 0.3 is 0 Å². The van der Waals surface area contributed by atoms with E-state index in [2.05, 4.69) is 51.1 Å². The quantitative estimate of drug-likeness (QED) is 0.827. The van der Waals surface area contributed by atoms with Crippen LogP contribution < -0.4 is 0 Å². The monoisotopic (exact) mass is 279 g/mol. The summed E-state index contributed by atoms with van der Waals surface area (Å²) in [6, 6.07) is 16.5. The molecule has 0 radical (unpaired) electrons. The van der Waals surface area contributed by atoms with Gasteiger partial charge in [0.05, 0.1) is 5.54 Å². The van der Waals surface area contributed by atoms with Crippen LogP contribution in [-0.2, 0) is 5.54 Å². The Morgan fingerprint density at radius 2 is 1.71 bits per heavy atom. The Morgan fingerprint density at radius 3 is 2.38 bits per heavy atom. The lowest BCUT2D eigenvalue weighted by atomic mass is 9.84. The number of aryl methyl sites for hydroxylation is 1. The predicted octanol–water partition coefficient (Wildman–Crippen LogP) is 4.12. The van der Waals surface area contributed by atoms with Gasteiger partial charge in [0.15, 0.2) is 0 Å². The first kappa shape index (κ1) is 13.9. The van der Waals surface area contributed by atoms with Crippen LogP contribution in [0.2, 0.25) is 0 Å². The van der Waals surface area contributed by atoms with Gasteiger partial charge in [0.25, 0.3) is 5.91 Å². The lowest BCUT2D eigenvalue weighted by molar-refractivity contribution is 0.0651. The van der Waals surface area contributed by atoms with Gasteiger partial charge in [-0.3, -0.25) is 4.79 Å². The van der Waals surface area contributed by atoms with Crippen molar-refractivity contribution < 1.29 is 4.79 Å². The van der Waals surface area contributed by atoms with E-state index < -0.39 is 0 Å². The predicted molar refractivity (Wildman–Crippen MR) is 85.4 cm³/mol. The molecule has 2 aromatic rings. The van der Waals surface area contributed by atoms with Crippen LogP contribution >= 0.6 is 0 Å². The van der Waals surface area contributed by atoms with Crippen molar-refractivity contribution in [2.75, 3.05) is 6.54 Å². The first-order chi connectivity index (χ1) is 10.1. The van der Waals surface area contributed by atoms with Gasteiger partial charge in [-0.2, -0.15) is 0 Å². The van der Waals surface area contributed by atoms with Crippen molar-refractivity contribution in [2.45, 2.75) is 32.7 Å². The second-order valence-electron chi connectivity index (χ2n) is 5.94. The lowest BCUT2D eigenvalue weighted by Gasteiger charge is -2.36. The molecule has 0 N–H and O–H groups in total. The molecular weight excluding hydrogens is 258 g/mol. The zero-order valence-electron chi connectivity index (χ0n) is 12.9. The average Bonchev–Trinajstić information content (AvgIpc) is 2.72. The van der Waals surface area contributed by atoms with Crippen LogP contribution in [-0.4, -0.2) is 17.4 Å². The van der Waals surface area contributed by atoms with Gasteiger partial charge < -0.3 is 4.90 Å². The molecule has 21 heavy (non-hydrogen) atoms. The minimum atomic E-state index is -0.364. The molecule has 1 aliphatic heterocycles. The van der Waals surface area contributed by atoms with Crippen LogP contribution in [0.1, 0.15) is 47.3 Å². The van der Waals surface area contributed by atoms with Crippen LogP contribution in [0, 0.1) is 6.92 Å². The Kier molecular flexibility index (Phi) is 3.32. The fourth-order valence-corrected chi connectivity index (χ4v) is 3.33. The number of rotatable bonds is 3. The molecule has 0 saturated heterocycles. The molecule has 1 amide bonds. The lowest BCUT2D eigenvalue weighted by Crippen LogP contribution is -2.42. The highest BCUT2D eigenvalue weighted by atomic mass is 16.2. The SMILES string of the molecule is CCCN1C(=O)c2ccccc2C1(C)c1ccc(C)cc1. The Bertz CT molecular complexity index is 674. The number of hydrogen-bond acceptors (Lipinski definition) is 1. The highest BCUT2D eigenvalue weighted by Crippen LogP contribution is 2.43. The highest BCUT2D eigenvalue weighted by Gasteiger charge is 2.46. The molecule has 0 fully saturated rings. The number of hydrogen-bond donors (Lipinski definition) is 0. The van der Waals surface area contributed by atoms with Crippen molar-refractivity contribution in [3.8, 4) is 0 Å². The van der Waals surface area contributed by atoms with Crippen LogP contribution in [0.3, 0.4) is 0 Å². The summed E-state index contributed by atoms with van der Waals surface area (Å²) in [5.74, 6) is 0.149.